The SMILES string of the molecule is [N-]=[N+]=NCc1ccccc1[C@@H]1OC(c2ccc(OCCCO)cc2)=N[C@]1(Cc1ccccc1Br)C(=O)NNCCc1ccccc1F. The van der Waals surface area contributed by atoms with Gasteiger partial charge in [0.1, 0.15) is 11.6 Å². The Morgan fingerprint density at radius 3 is 2.45 bits per heavy atom. The predicted octanol–water partition coefficient (Wildman–Crippen LogP) is 6.52. The van der Waals surface area contributed by atoms with Gasteiger partial charge in [-0.3, -0.25) is 10.2 Å². The molecule has 3 N–H and O–H groups in total. The molecule has 1 heterocycles. The van der Waals surface area contributed by atoms with Gasteiger partial charge in [0.05, 0.1) is 13.2 Å². The van der Waals surface area contributed by atoms with Crippen molar-refractivity contribution in [3.8, 4) is 5.75 Å². The number of hydrogen-bond donors (Lipinski definition) is 3. The normalized spacial score (nSPS) is 16.9. The first kappa shape index (κ1) is 33.6. The average Bonchev–Trinajstić information content (AvgIpc) is 3.48. The third-order valence-corrected chi connectivity index (χ3v) is 8.54. The van der Waals surface area contributed by atoms with E-state index >= 15 is 0 Å². The van der Waals surface area contributed by atoms with Crippen LogP contribution in [0.15, 0.2) is 112 Å². The Kier molecular flexibility index (Phi) is 11.6. The molecule has 242 valence electrons. The molecule has 1 aliphatic rings. The summed E-state index contributed by atoms with van der Waals surface area (Å²) in [5.41, 5.74) is 16.7. The van der Waals surface area contributed by atoms with Crippen LogP contribution in [0.5, 0.6) is 5.75 Å². The summed E-state index contributed by atoms with van der Waals surface area (Å²) in [5.74, 6) is 0.104. The van der Waals surface area contributed by atoms with Crippen molar-refractivity contribution in [2.75, 3.05) is 19.8 Å². The van der Waals surface area contributed by atoms with Crippen molar-refractivity contribution in [2.24, 2.45) is 10.1 Å². The van der Waals surface area contributed by atoms with E-state index in [9.17, 15) is 9.18 Å². The maximum atomic E-state index is 14.5. The van der Waals surface area contributed by atoms with Gasteiger partial charge in [-0.25, -0.2) is 14.8 Å². The van der Waals surface area contributed by atoms with Gasteiger partial charge in [0.2, 0.25) is 5.90 Å². The van der Waals surface area contributed by atoms with Gasteiger partial charge in [-0.2, -0.15) is 0 Å². The lowest BCUT2D eigenvalue weighted by Crippen LogP contribution is -2.54. The van der Waals surface area contributed by atoms with E-state index in [-0.39, 0.29) is 37.8 Å². The zero-order valence-corrected chi connectivity index (χ0v) is 27.1. The van der Waals surface area contributed by atoms with Crippen LogP contribution in [0.25, 0.3) is 10.4 Å². The van der Waals surface area contributed by atoms with Gasteiger partial charge >= 0.3 is 0 Å². The molecular formula is C35H34BrFN6O4. The number of hydrogen-bond acceptors (Lipinski definition) is 7. The molecule has 47 heavy (non-hydrogen) atoms. The number of benzene rings is 4. The third-order valence-electron chi connectivity index (χ3n) is 7.77. The number of nitrogens with zero attached hydrogens (tertiary/aromatic N) is 4. The molecule has 4 aromatic rings. The molecule has 0 bridgehead atoms. The molecule has 5 rings (SSSR count). The highest BCUT2D eigenvalue weighted by Crippen LogP contribution is 2.44. The molecule has 4 aromatic carbocycles. The Labute approximate surface area is 280 Å². The zero-order chi connectivity index (χ0) is 33.1. The molecule has 0 aliphatic carbocycles. The summed E-state index contributed by atoms with van der Waals surface area (Å²) in [4.78, 5) is 22.5. The van der Waals surface area contributed by atoms with Gasteiger partial charge in [-0.05, 0) is 70.6 Å². The van der Waals surface area contributed by atoms with E-state index in [1.54, 1.807) is 42.5 Å². The number of azide groups is 1. The second kappa shape index (κ2) is 16.2. The molecule has 0 spiro atoms. The number of rotatable bonds is 15. The fraction of sp³-hybridized carbons (Fsp3) is 0.257. The fourth-order valence-electron chi connectivity index (χ4n) is 5.38. The second-order valence-corrected chi connectivity index (χ2v) is 11.7. The van der Waals surface area contributed by atoms with Crippen molar-refractivity contribution in [1.82, 2.24) is 10.9 Å². The quantitative estimate of drug-likeness (QED) is 0.0426. The number of aliphatic imine (C=N–C) groups is 1. The van der Waals surface area contributed by atoms with Gasteiger partial charge in [-0.1, -0.05) is 81.7 Å². The maximum Gasteiger partial charge on any atom is 0.266 e. The minimum atomic E-state index is -1.52. The number of aliphatic hydroxyl groups is 1. The highest BCUT2D eigenvalue weighted by molar-refractivity contribution is 9.10. The summed E-state index contributed by atoms with van der Waals surface area (Å²) < 4.78 is 27.3. The van der Waals surface area contributed by atoms with Crippen LogP contribution in [0.1, 0.15) is 40.3 Å². The molecule has 0 aromatic heterocycles. The molecule has 1 aliphatic heterocycles. The van der Waals surface area contributed by atoms with E-state index in [0.29, 0.717) is 47.5 Å². The lowest BCUT2D eigenvalue weighted by molar-refractivity contribution is -0.130. The lowest BCUT2D eigenvalue weighted by atomic mass is 9.80. The summed E-state index contributed by atoms with van der Waals surface area (Å²) >= 11 is 3.64. The van der Waals surface area contributed by atoms with E-state index in [1.807, 2.05) is 48.5 Å². The molecule has 0 saturated heterocycles. The second-order valence-electron chi connectivity index (χ2n) is 10.9. The summed E-state index contributed by atoms with van der Waals surface area (Å²) in [5, 5.41) is 12.9. The van der Waals surface area contributed by atoms with Crippen LogP contribution in [-0.4, -0.2) is 42.2 Å². The number of ether oxygens (including phenoxy) is 2. The molecule has 0 fully saturated rings. The first-order chi connectivity index (χ1) is 22.9. The van der Waals surface area contributed by atoms with Crippen molar-refractivity contribution in [3.63, 3.8) is 0 Å². The fourth-order valence-corrected chi connectivity index (χ4v) is 5.81. The Bertz CT molecular complexity index is 1770. The molecule has 1 amide bonds. The first-order valence-electron chi connectivity index (χ1n) is 15.1. The molecule has 2 atom stereocenters. The van der Waals surface area contributed by atoms with Gasteiger partial charge < -0.3 is 14.6 Å². The van der Waals surface area contributed by atoms with Gasteiger partial charge in [-0.15, -0.1) is 0 Å². The molecular weight excluding hydrogens is 667 g/mol. The zero-order valence-electron chi connectivity index (χ0n) is 25.5. The van der Waals surface area contributed by atoms with Gasteiger partial charge in [0.25, 0.3) is 5.91 Å². The molecule has 0 radical (unpaired) electrons. The Morgan fingerprint density at radius 1 is 1.02 bits per heavy atom. The Morgan fingerprint density at radius 2 is 1.72 bits per heavy atom. The van der Waals surface area contributed by atoms with Crippen molar-refractivity contribution in [3.05, 3.63) is 146 Å². The Hall–Kier alpha value is -4.74. The molecule has 0 saturated carbocycles. The monoisotopic (exact) mass is 700 g/mol. The molecule has 10 nitrogen and oxygen atoms in total. The number of hydrazine groups is 1. The van der Waals surface area contributed by atoms with Crippen LogP contribution < -0.4 is 15.6 Å². The number of amides is 1. The van der Waals surface area contributed by atoms with Crippen LogP contribution in [0.4, 0.5) is 4.39 Å². The topological polar surface area (TPSA) is 141 Å². The summed E-state index contributed by atoms with van der Waals surface area (Å²) in [7, 11) is 0. The minimum Gasteiger partial charge on any atom is -0.494 e. The maximum absolute atomic E-state index is 14.5. The number of halogens is 2. The number of aliphatic hydroxyl groups excluding tert-OH is 1. The minimum absolute atomic E-state index is 0.0327. The van der Waals surface area contributed by atoms with Crippen LogP contribution in [-0.2, 0) is 28.9 Å². The van der Waals surface area contributed by atoms with Crippen LogP contribution in [0, 0.1) is 5.82 Å². The summed E-state index contributed by atoms with van der Waals surface area (Å²) in [6.45, 7) is 0.724. The van der Waals surface area contributed by atoms with Gasteiger partial charge in [0, 0.05) is 40.9 Å². The largest absolute Gasteiger partial charge is 0.494 e. The van der Waals surface area contributed by atoms with Crippen molar-refractivity contribution >= 4 is 27.7 Å². The van der Waals surface area contributed by atoms with E-state index in [4.69, 9.17) is 25.1 Å². The predicted molar refractivity (Wildman–Crippen MR) is 180 cm³/mol. The van der Waals surface area contributed by atoms with Gasteiger partial charge in [0.15, 0.2) is 11.6 Å². The number of carbonyl (C=O) groups excluding carboxylic acids is 1. The highest BCUT2D eigenvalue weighted by Gasteiger charge is 2.54. The van der Waals surface area contributed by atoms with E-state index in [2.05, 4.69) is 36.8 Å². The first-order valence-corrected chi connectivity index (χ1v) is 15.9. The molecule has 12 heteroatoms. The lowest BCUT2D eigenvalue weighted by Gasteiger charge is -2.32. The van der Waals surface area contributed by atoms with Crippen molar-refractivity contribution in [2.45, 2.75) is 37.5 Å². The number of carbonyl (C=O) groups is 1. The smallest absolute Gasteiger partial charge is 0.266 e. The average molecular weight is 702 g/mol. The standard InChI is InChI=1S/C35H34BrFN6O4/c36-30-12-5-2-9-26(30)22-35(34(45)42-39-19-18-24-8-3-6-13-31(24)37)32(29-11-4-1-10-27(29)23-40-43-38)47-33(41-35)25-14-16-28(17-15-25)46-21-7-20-44/h1-6,8-17,32,39,44H,7,18-23H2,(H,42,45)/t32-,35-/m0/s1. The van der Waals surface area contributed by atoms with E-state index in [1.165, 1.54) is 6.07 Å². The number of nitrogens with one attached hydrogen (secondary N) is 2. The van der Waals surface area contributed by atoms with Crippen LogP contribution >= 0.6 is 15.9 Å². The highest BCUT2D eigenvalue weighted by atomic mass is 79.9. The van der Waals surface area contributed by atoms with Crippen molar-refractivity contribution in [1.29, 1.82) is 0 Å². The van der Waals surface area contributed by atoms with Crippen LogP contribution in [0.3, 0.4) is 0 Å². The summed E-state index contributed by atoms with van der Waals surface area (Å²) in [6.07, 6.45) is 0.0980. The van der Waals surface area contributed by atoms with E-state index < -0.39 is 17.6 Å². The van der Waals surface area contributed by atoms with Crippen molar-refractivity contribution < 1.29 is 23.8 Å². The summed E-state index contributed by atoms with van der Waals surface area (Å²) in [6, 6.07) is 28.6. The third kappa shape index (κ3) is 8.16. The van der Waals surface area contributed by atoms with Crippen LogP contribution in [0.2, 0.25) is 0 Å². The molecule has 0 unspecified atom stereocenters. The Balaban J connectivity index is 1.54. The van der Waals surface area contributed by atoms with E-state index in [0.717, 1.165) is 10.0 Å².